The fraction of sp³-hybridized carbons (Fsp3) is 0.471. The molecule has 130 valence electrons. The highest BCUT2D eigenvalue weighted by Gasteiger charge is 2.19. The average Bonchev–Trinajstić information content (AvgIpc) is 3.07. The van der Waals surface area contributed by atoms with Crippen molar-refractivity contribution in [3.05, 3.63) is 23.8 Å². The summed E-state index contributed by atoms with van der Waals surface area (Å²) >= 11 is 0. The first kappa shape index (κ1) is 17.8. The van der Waals surface area contributed by atoms with Gasteiger partial charge in [0.25, 0.3) is 0 Å². The molecule has 0 aliphatic carbocycles. The number of esters is 1. The Bertz CT molecular complexity index is 624. The predicted molar refractivity (Wildman–Crippen MR) is 91.2 cm³/mol. The summed E-state index contributed by atoms with van der Waals surface area (Å²) in [7, 11) is 1.32. The number of nitrogens with zero attached hydrogens (tertiary/aromatic N) is 1. The van der Waals surface area contributed by atoms with Crippen LogP contribution < -0.4 is 15.5 Å². The van der Waals surface area contributed by atoms with Crippen molar-refractivity contribution in [1.82, 2.24) is 5.32 Å². The molecule has 1 aliphatic heterocycles. The standard InChI is InChI=1S/C17H23N3O4/c1-12(21)18-8-7-16(22)19-14-11-13(17(23)24-2)5-6-15(14)20-9-3-4-10-20/h5-6,11H,3-4,7-10H2,1-2H3,(H,18,21)(H,19,22). The minimum atomic E-state index is -0.447. The lowest BCUT2D eigenvalue weighted by Gasteiger charge is -2.22. The lowest BCUT2D eigenvalue weighted by Crippen LogP contribution is -2.26. The van der Waals surface area contributed by atoms with Crippen LogP contribution in [0.1, 0.15) is 36.5 Å². The summed E-state index contributed by atoms with van der Waals surface area (Å²) in [5.74, 6) is -0.837. The Morgan fingerprint density at radius 3 is 2.54 bits per heavy atom. The second-order valence-electron chi connectivity index (χ2n) is 5.70. The van der Waals surface area contributed by atoms with Crippen molar-refractivity contribution in [2.24, 2.45) is 0 Å². The summed E-state index contributed by atoms with van der Waals surface area (Å²) in [6.45, 7) is 3.53. The minimum absolute atomic E-state index is 0.168. The SMILES string of the molecule is COC(=O)c1ccc(N2CCCC2)c(NC(=O)CCNC(C)=O)c1. The van der Waals surface area contributed by atoms with Gasteiger partial charge < -0.3 is 20.3 Å². The lowest BCUT2D eigenvalue weighted by atomic mass is 10.1. The number of hydrogen-bond donors (Lipinski definition) is 2. The predicted octanol–water partition coefficient (Wildman–Crippen LogP) is 1.54. The Kier molecular flexibility index (Phi) is 6.17. The summed E-state index contributed by atoms with van der Waals surface area (Å²) in [6.07, 6.45) is 2.38. The monoisotopic (exact) mass is 333 g/mol. The van der Waals surface area contributed by atoms with Gasteiger partial charge in [-0.05, 0) is 31.0 Å². The van der Waals surface area contributed by atoms with Gasteiger partial charge >= 0.3 is 5.97 Å². The Balaban J connectivity index is 2.15. The number of anilines is 2. The van der Waals surface area contributed by atoms with Gasteiger partial charge in [0.05, 0.1) is 24.0 Å². The van der Waals surface area contributed by atoms with Crippen LogP contribution in [0.25, 0.3) is 0 Å². The van der Waals surface area contributed by atoms with Gasteiger partial charge in [-0.1, -0.05) is 0 Å². The van der Waals surface area contributed by atoms with E-state index in [0.29, 0.717) is 11.3 Å². The maximum absolute atomic E-state index is 12.1. The molecule has 7 heteroatoms. The van der Waals surface area contributed by atoms with Crippen molar-refractivity contribution in [3.8, 4) is 0 Å². The quantitative estimate of drug-likeness (QED) is 0.771. The zero-order valence-electron chi connectivity index (χ0n) is 14.1. The molecule has 0 bridgehead atoms. The molecule has 0 radical (unpaired) electrons. The van der Waals surface area contributed by atoms with Crippen molar-refractivity contribution >= 4 is 29.2 Å². The van der Waals surface area contributed by atoms with Gasteiger partial charge in [0.15, 0.2) is 0 Å². The first-order valence-corrected chi connectivity index (χ1v) is 8.03. The molecule has 1 saturated heterocycles. The van der Waals surface area contributed by atoms with Gasteiger partial charge in [-0.3, -0.25) is 9.59 Å². The van der Waals surface area contributed by atoms with Crippen molar-refractivity contribution in [2.75, 3.05) is 37.0 Å². The zero-order valence-corrected chi connectivity index (χ0v) is 14.1. The number of rotatable bonds is 6. The first-order chi connectivity index (χ1) is 11.5. The van der Waals surface area contributed by atoms with Crippen molar-refractivity contribution < 1.29 is 19.1 Å². The Labute approximate surface area is 141 Å². The molecule has 1 fully saturated rings. The highest BCUT2D eigenvalue weighted by Crippen LogP contribution is 2.30. The first-order valence-electron chi connectivity index (χ1n) is 8.03. The molecule has 2 N–H and O–H groups in total. The van der Waals surface area contributed by atoms with Crippen molar-refractivity contribution in [2.45, 2.75) is 26.2 Å². The van der Waals surface area contributed by atoms with Gasteiger partial charge in [0, 0.05) is 33.0 Å². The molecule has 1 aliphatic rings. The molecule has 0 atom stereocenters. The van der Waals surface area contributed by atoms with Crippen LogP contribution in [0.2, 0.25) is 0 Å². The van der Waals surface area contributed by atoms with E-state index in [9.17, 15) is 14.4 Å². The van der Waals surface area contributed by atoms with Crippen molar-refractivity contribution in [3.63, 3.8) is 0 Å². The molecule has 2 rings (SSSR count). The normalized spacial score (nSPS) is 13.5. The maximum atomic E-state index is 12.1. The van der Waals surface area contributed by atoms with E-state index in [1.165, 1.54) is 14.0 Å². The minimum Gasteiger partial charge on any atom is -0.465 e. The van der Waals surface area contributed by atoms with E-state index in [1.54, 1.807) is 12.1 Å². The largest absolute Gasteiger partial charge is 0.465 e. The molecule has 7 nitrogen and oxygen atoms in total. The van der Waals surface area contributed by atoms with E-state index in [1.807, 2.05) is 6.07 Å². The summed E-state index contributed by atoms with van der Waals surface area (Å²) in [4.78, 5) is 36.9. The third-order valence-electron chi connectivity index (χ3n) is 3.86. The molecule has 0 spiro atoms. The molecule has 0 aromatic heterocycles. The number of carbonyl (C=O) groups excluding carboxylic acids is 3. The molecular formula is C17H23N3O4. The lowest BCUT2D eigenvalue weighted by molar-refractivity contribution is -0.119. The molecule has 0 saturated carbocycles. The van der Waals surface area contributed by atoms with Crippen LogP contribution in [0.5, 0.6) is 0 Å². The van der Waals surface area contributed by atoms with Gasteiger partial charge in [-0.2, -0.15) is 0 Å². The molecule has 24 heavy (non-hydrogen) atoms. The van der Waals surface area contributed by atoms with E-state index >= 15 is 0 Å². The van der Waals surface area contributed by atoms with E-state index in [4.69, 9.17) is 4.74 Å². The fourth-order valence-corrected chi connectivity index (χ4v) is 2.68. The van der Waals surface area contributed by atoms with Crippen LogP contribution in [0.15, 0.2) is 18.2 Å². The number of methoxy groups -OCH3 is 1. The third-order valence-corrected chi connectivity index (χ3v) is 3.86. The van der Waals surface area contributed by atoms with Gasteiger partial charge in [0.2, 0.25) is 11.8 Å². The fourth-order valence-electron chi connectivity index (χ4n) is 2.68. The number of nitrogens with one attached hydrogen (secondary N) is 2. The Hall–Kier alpha value is -2.57. The summed E-state index contributed by atoms with van der Waals surface area (Å²) in [5, 5.41) is 5.43. The summed E-state index contributed by atoms with van der Waals surface area (Å²) in [5.41, 5.74) is 1.87. The van der Waals surface area contributed by atoms with Crippen LogP contribution in [0.4, 0.5) is 11.4 Å². The highest BCUT2D eigenvalue weighted by atomic mass is 16.5. The van der Waals surface area contributed by atoms with Crippen LogP contribution in [0, 0.1) is 0 Å². The van der Waals surface area contributed by atoms with E-state index in [-0.39, 0.29) is 24.8 Å². The molecule has 1 aromatic carbocycles. The highest BCUT2D eigenvalue weighted by molar-refractivity contribution is 5.98. The number of ether oxygens (including phenoxy) is 1. The smallest absolute Gasteiger partial charge is 0.337 e. The van der Waals surface area contributed by atoms with Crippen molar-refractivity contribution in [1.29, 1.82) is 0 Å². The number of carbonyl (C=O) groups is 3. The number of benzene rings is 1. The molecule has 1 aromatic rings. The topological polar surface area (TPSA) is 87.7 Å². The van der Waals surface area contributed by atoms with Gasteiger partial charge in [-0.15, -0.1) is 0 Å². The maximum Gasteiger partial charge on any atom is 0.337 e. The Morgan fingerprint density at radius 1 is 1.21 bits per heavy atom. The van der Waals surface area contributed by atoms with Crippen LogP contribution >= 0.6 is 0 Å². The summed E-state index contributed by atoms with van der Waals surface area (Å²) < 4.78 is 4.74. The Morgan fingerprint density at radius 2 is 1.92 bits per heavy atom. The van der Waals surface area contributed by atoms with E-state index < -0.39 is 5.97 Å². The molecule has 1 heterocycles. The molecular weight excluding hydrogens is 310 g/mol. The third kappa shape index (κ3) is 4.71. The van der Waals surface area contributed by atoms with Crippen LogP contribution in [-0.4, -0.2) is 44.5 Å². The van der Waals surface area contributed by atoms with E-state index in [0.717, 1.165) is 31.6 Å². The number of hydrogen-bond acceptors (Lipinski definition) is 5. The van der Waals surface area contributed by atoms with E-state index in [2.05, 4.69) is 15.5 Å². The van der Waals surface area contributed by atoms with Gasteiger partial charge in [-0.25, -0.2) is 4.79 Å². The second kappa shape index (κ2) is 8.33. The summed E-state index contributed by atoms with van der Waals surface area (Å²) in [6, 6.07) is 5.17. The second-order valence-corrected chi connectivity index (χ2v) is 5.70. The van der Waals surface area contributed by atoms with Crippen LogP contribution in [-0.2, 0) is 14.3 Å². The molecule has 2 amide bonds. The van der Waals surface area contributed by atoms with Crippen LogP contribution in [0.3, 0.4) is 0 Å². The van der Waals surface area contributed by atoms with Gasteiger partial charge in [0.1, 0.15) is 0 Å². The number of amides is 2. The zero-order chi connectivity index (χ0) is 17.5. The molecule has 0 unspecified atom stereocenters. The average molecular weight is 333 g/mol.